The highest BCUT2D eigenvalue weighted by Gasteiger charge is 2.48. The Hall–Kier alpha value is -4.33. The van der Waals surface area contributed by atoms with Crippen molar-refractivity contribution in [3.8, 4) is 11.5 Å². The molecule has 1 aliphatic heterocycles. The van der Waals surface area contributed by atoms with Gasteiger partial charge < -0.3 is 18.8 Å². The van der Waals surface area contributed by atoms with Crippen LogP contribution in [0.4, 0.5) is 5.95 Å². The number of methoxy groups -OCH3 is 2. The van der Waals surface area contributed by atoms with Gasteiger partial charge in [-0.1, -0.05) is 42.5 Å². The van der Waals surface area contributed by atoms with Crippen LogP contribution in [0.15, 0.2) is 72.8 Å². The molecule has 0 spiro atoms. The zero-order valence-corrected chi connectivity index (χ0v) is 20.4. The second-order valence-electron chi connectivity index (χ2n) is 8.46. The van der Waals surface area contributed by atoms with E-state index in [1.807, 2.05) is 65.2 Å². The summed E-state index contributed by atoms with van der Waals surface area (Å²) >= 11 is 0. The molecule has 4 aromatic rings. The maximum atomic E-state index is 14.1. The van der Waals surface area contributed by atoms with Crippen molar-refractivity contribution in [2.75, 3.05) is 25.7 Å². The predicted octanol–water partition coefficient (Wildman–Crippen LogP) is 4.37. The first-order valence-corrected chi connectivity index (χ1v) is 11.8. The van der Waals surface area contributed by atoms with E-state index in [0.717, 1.165) is 16.6 Å². The summed E-state index contributed by atoms with van der Waals surface area (Å²) in [4.78, 5) is 33.9. The number of anilines is 1. The normalized spacial score (nSPS) is 17.1. The van der Waals surface area contributed by atoms with Gasteiger partial charge in [0.25, 0.3) is 0 Å². The first-order chi connectivity index (χ1) is 17.6. The number of amides is 1. The molecule has 0 bridgehead atoms. The van der Waals surface area contributed by atoms with E-state index >= 15 is 0 Å². The van der Waals surface area contributed by atoms with Crippen molar-refractivity contribution in [2.45, 2.75) is 19.5 Å². The number of ether oxygens (including phenoxy) is 3. The first kappa shape index (κ1) is 23.4. The lowest BCUT2D eigenvalue weighted by molar-refractivity contribution is -0.153. The highest BCUT2D eigenvalue weighted by atomic mass is 16.5. The molecule has 36 heavy (non-hydrogen) atoms. The molecule has 5 rings (SSSR count). The van der Waals surface area contributed by atoms with Gasteiger partial charge in [-0.3, -0.25) is 14.5 Å². The van der Waals surface area contributed by atoms with Crippen molar-refractivity contribution in [1.29, 1.82) is 0 Å². The monoisotopic (exact) mass is 485 g/mol. The van der Waals surface area contributed by atoms with Crippen molar-refractivity contribution >= 4 is 28.9 Å². The molecular formula is C28H27N3O5. The second-order valence-corrected chi connectivity index (χ2v) is 8.46. The summed E-state index contributed by atoms with van der Waals surface area (Å²) in [6.07, 6.45) is 0. The van der Waals surface area contributed by atoms with Gasteiger partial charge in [0.05, 0.1) is 44.4 Å². The number of carbonyl (C=O) groups is 2. The molecule has 2 atom stereocenters. The SMILES string of the molecule is CCOC(=O)[C@@H]1C(=O)N(Cc2ccccc2)c2nc3ccccc3n2[C@H]1c1ccc(OC)cc1OC. The van der Waals surface area contributed by atoms with E-state index < -0.39 is 17.9 Å². The van der Waals surface area contributed by atoms with E-state index in [2.05, 4.69) is 0 Å². The van der Waals surface area contributed by atoms with Crippen LogP contribution in [-0.4, -0.2) is 42.3 Å². The summed E-state index contributed by atoms with van der Waals surface area (Å²) in [5.41, 5.74) is 3.11. The van der Waals surface area contributed by atoms with E-state index in [1.54, 1.807) is 38.2 Å². The Morgan fingerprint density at radius 1 is 0.972 bits per heavy atom. The number of aromatic nitrogens is 2. The Morgan fingerprint density at radius 3 is 2.44 bits per heavy atom. The number of para-hydroxylation sites is 2. The Bertz CT molecular complexity index is 1420. The lowest BCUT2D eigenvalue weighted by Crippen LogP contribution is -2.49. The number of nitrogens with zero attached hydrogens (tertiary/aromatic N) is 3. The minimum Gasteiger partial charge on any atom is -0.497 e. The minimum absolute atomic E-state index is 0.158. The van der Waals surface area contributed by atoms with Gasteiger partial charge in [-0.25, -0.2) is 4.98 Å². The van der Waals surface area contributed by atoms with Crippen LogP contribution in [0.5, 0.6) is 11.5 Å². The molecule has 3 aromatic carbocycles. The van der Waals surface area contributed by atoms with Gasteiger partial charge in [0.1, 0.15) is 11.5 Å². The fourth-order valence-corrected chi connectivity index (χ4v) is 4.80. The Balaban J connectivity index is 1.77. The third kappa shape index (κ3) is 3.94. The third-order valence-electron chi connectivity index (χ3n) is 6.43. The molecule has 0 radical (unpaired) electrons. The summed E-state index contributed by atoms with van der Waals surface area (Å²) in [7, 11) is 3.12. The van der Waals surface area contributed by atoms with Gasteiger partial charge in [0, 0.05) is 11.6 Å². The number of fused-ring (bicyclic) bond motifs is 3. The maximum Gasteiger partial charge on any atom is 0.321 e. The zero-order chi connectivity index (χ0) is 25.2. The van der Waals surface area contributed by atoms with E-state index in [1.165, 1.54) is 0 Å². The first-order valence-electron chi connectivity index (χ1n) is 11.8. The number of benzene rings is 3. The molecule has 1 aliphatic rings. The third-order valence-corrected chi connectivity index (χ3v) is 6.43. The number of imidazole rings is 1. The summed E-state index contributed by atoms with van der Waals surface area (Å²) < 4.78 is 18.5. The summed E-state index contributed by atoms with van der Waals surface area (Å²) in [5, 5.41) is 0. The Labute approximate surface area is 209 Å². The van der Waals surface area contributed by atoms with E-state index in [9.17, 15) is 9.59 Å². The number of hydrogen-bond acceptors (Lipinski definition) is 6. The molecule has 0 fully saturated rings. The number of carbonyl (C=O) groups excluding carboxylic acids is 2. The van der Waals surface area contributed by atoms with Gasteiger partial charge in [0.2, 0.25) is 11.9 Å². The smallest absolute Gasteiger partial charge is 0.321 e. The van der Waals surface area contributed by atoms with Crippen LogP contribution in [0.3, 0.4) is 0 Å². The van der Waals surface area contributed by atoms with Crippen LogP contribution < -0.4 is 14.4 Å². The predicted molar refractivity (Wildman–Crippen MR) is 135 cm³/mol. The molecule has 8 heteroatoms. The molecule has 0 N–H and O–H groups in total. The molecule has 8 nitrogen and oxygen atoms in total. The molecule has 1 aromatic heterocycles. The highest BCUT2D eigenvalue weighted by Crippen LogP contribution is 2.45. The lowest BCUT2D eigenvalue weighted by atomic mass is 9.88. The van der Waals surface area contributed by atoms with Crippen LogP contribution >= 0.6 is 0 Å². The van der Waals surface area contributed by atoms with Crippen LogP contribution in [0.1, 0.15) is 24.1 Å². The standard InChI is InChI=1S/C28H27N3O5/c1-4-36-27(33)24-25(20-15-14-19(34-2)16-23(20)35-3)31-22-13-9-8-12-21(22)29-28(31)30(26(24)32)17-18-10-6-5-7-11-18/h5-16,24-25H,4,17H2,1-3H3/t24-,25-/m0/s1. The van der Waals surface area contributed by atoms with E-state index in [4.69, 9.17) is 19.2 Å². The van der Waals surface area contributed by atoms with Gasteiger partial charge in [-0.15, -0.1) is 0 Å². The van der Waals surface area contributed by atoms with Crippen molar-refractivity contribution in [1.82, 2.24) is 9.55 Å². The molecule has 1 amide bonds. The van der Waals surface area contributed by atoms with Gasteiger partial charge in [-0.2, -0.15) is 0 Å². The largest absolute Gasteiger partial charge is 0.497 e. The van der Waals surface area contributed by atoms with Crippen LogP contribution in [-0.2, 0) is 20.9 Å². The van der Waals surface area contributed by atoms with Crippen molar-refractivity contribution in [3.05, 3.63) is 83.9 Å². The molecular weight excluding hydrogens is 458 g/mol. The van der Waals surface area contributed by atoms with Gasteiger partial charge in [-0.05, 0) is 36.8 Å². The summed E-state index contributed by atoms with van der Waals surface area (Å²) in [6, 6.07) is 21.9. The van der Waals surface area contributed by atoms with Crippen molar-refractivity contribution in [3.63, 3.8) is 0 Å². The quantitative estimate of drug-likeness (QED) is 0.286. The Kier molecular flexibility index (Phi) is 6.33. The van der Waals surface area contributed by atoms with Crippen LogP contribution in [0.25, 0.3) is 11.0 Å². The number of esters is 1. The number of rotatable bonds is 7. The lowest BCUT2D eigenvalue weighted by Gasteiger charge is -2.38. The van der Waals surface area contributed by atoms with E-state index in [-0.39, 0.29) is 19.1 Å². The maximum absolute atomic E-state index is 14.1. The molecule has 0 unspecified atom stereocenters. The van der Waals surface area contributed by atoms with Crippen molar-refractivity contribution < 1.29 is 23.8 Å². The highest BCUT2D eigenvalue weighted by molar-refractivity contribution is 6.08. The van der Waals surface area contributed by atoms with Crippen LogP contribution in [0.2, 0.25) is 0 Å². The number of hydrogen-bond donors (Lipinski definition) is 0. The summed E-state index contributed by atoms with van der Waals surface area (Å²) in [5.74, 6) is -0.530. The molecule has 184 valence electrons. The Morgan fingerprint density at radius 2 is 1.72 bits per heavy atom. The second kappa shape index (κ2) is 9.73. The van der Waals surface area contributed by atoms with E-state index in [0.29, 0.717) is 23.0 Å². The zero-order valence-electron chi connectivity index (χ0n) is 20.4. The fourth-order valence-electron chi connectivity index (χ4n) is 4.80. The van der Waals surface area contributed by atoms with Crippen LogP contribution in [0, 0.1) is 5.92 Å². The molecule has 0 aliphatic carbocycles. The summed E-state index contributed by atoms with van der Waals surface area (Å²) in [6.45, 7) is 2.16. The minimum atomic E-state index is -1.14. The molecule has 2 heterocycles. The average molecular weight is 486 g/mol. The van der Waals surface area contributed by atoms with Gasteiger partial charge >= 0.3 is 5.97 Å². The fraction of sp³-hybridized carbons (Fsp3) is 0.250. The average Bonchev–Trinajstić information content (AvgIpc) is 3.29. The molecule has 0 saturated heterocycles. The van der Waals surface area contributed by atoms with Crippen molar-refractivity contribution in [2.24, 2.45) is 5.92 Å². The molecule has 0 saturated carbocycles. The van der Waals surface area contributed by atoms with Gasteiger partial charge in [0.15, 0.2) is 5.92 Å². The topological polar surface area (TPSA) is 82.9 Å².